The maximum absolute atomic E-state index is 11.6. The highest BCUT2D eigenvalue weighted by Crippen LogP contribution is 2.15. The van der Waals surface area contributed by atoms with Crippen molar-refractivity contribution in [3.05, 3.63) is 34.4 Å². The molecule has 0 heterocycles. The summed E-state index contributed by atoms with van der Waals surface area (Å²) in [5.74, 6) is 0. The molecule has 0 atom stereocenters. The van der Waals surface area contributed by atoms with Crippen LogP contribution in [-0.4, -0.2) is 39.9 Å². The minimum absolute atomic E-state index is 0.0819. The zero-order chi connectivity index (χ0) is 14.5. The molecule has 0 unspecified atom stereocenters. The summed E-state index contributed by atoms with van der Waals surface area (Å²) < 4.78 is 0. The molecule has 0 aliphatic carbocycles. The highest BCUT2D eigenvalue weighted by molar-refractivity contribution is 5.89. The monoisotopic (exact) mass is 269 g/mol. The number of aliphatic hydroxyl groups excluding tert-OH is 2. The lowest BCUT2D eigenvalue weighted by molar-refractivity contribution is -0.384. The van der Waals surface area contributed by atoms with E-state index >= 15 is 0 Å². The van der Waals surface area contributed by atoms with E-state index in [0.717, 1.165) is 0 Å². The molecule has 0 fully saturated rings. The number of amides is 2. The number of non-ortho nitro benzene ring substituents is 1. The minimum atomic E-state index is -1.13. The van der Waals surface area contributed by atoms with Crippen LogP contribution in [0.2, 0.25) is 0 Å². The van der Waals surface area contributed by atoms with Crippen molar-refractivity contribution in [3.63, 3.8) is 0 Å². The summed E-state index contributed by atoms with van der Waals surface area (Å²) in [5.41, 5.74) is -0.854. The first-order valence-electron chi connectivity index (χ1n) is 5.45. The Hall–Kier alpha value is -2.19. The summed E-state index contributed by atoms with van der Waals surface area (Å²) >= 11 is 0. The van der Waals surface area contributed by atoms with E-state index in [-0.39, 0.29) is 5.69 Å². The second kappa shape index (κ2) is 6.12. The average Bonchev–Trinajstić information content (AvgIpc) is 2.39. The van der Waals surface area contributed by atoms with Gasteiger partial charge in [-0.1, -0.05) is 0 Å². The van der Waals surface area contributed by atoms with Gasteiger partial charge in [-0.3, -0.25) is 10.1 Å². The fraction of sp³-hybridized carbons (Fsp3) is 0.364. The smallest absolute Gasteiger partial charge is 0.319 e. The summed E-state index contributed by atoms with van der Waals surface area (Å²) in [4.78, 5) is 21.5. The number of nitrogens with one attached hydrogen (secondary N) is 2. The lowest BCUT2D eigenvalue weighted by Crippen LogP contribution is -2.53. The van der Waals surface area contributed by atoms with Gasteiger partial charge in [0, 0.05) is 17.8 Å². The molecular weight excluding hydrogens is 254 g/mol. The third-order valence-corrected chi connectivity index (χ3v) is 2.45. The third kappa shape index (κ3) is 4.19. The lowest BCUT2D eigenvalue weighted by atomic mass is 10.1. The van der Waals surface area contributed by atoms with E-state index in [4.69, 9.17) is 10.2 Å². The number of nitro groups is 1. The Morgan fingerprint density at radius 2 is 1.84 bits per heavy atom. The summed E-state index contributed by atoms with van der Waals surface area (Å²) in [6.07, 6.45) is 0. The Labute approximate surface area is 109 Å². The van der Waals surface area contributed by atoms with E-state index < -0.39 is 29.7 Å². The molecule has 0 aliphatic rings. The van der Waals surface area contributed by atoms with Gasteiger partial charge < -0.3 is 20.8 Å². The summed E-state index contributed by atoms with van der Waals surface area (Å²) in [6.45, 7) is 0.636. The molecule has 0 saturated heterocycles. The van der Waals surface area contributed by atoms with Crippen LogP contribution in [-0.2, 0) is 0 Å². The molecule has 0 spiro atoms. The van der Waals surface area contributed by atoms with Gasteiger partial charge in [-0.2, -0.15) is 0 Å². The van der Waals surface area contributed by atoms with Gasteiger partial charge in [0.1, 0.15) is 0 Å². The van der Waals surface area contributed by atoms with Gasteiger partial charge in [-0.05, 0) is 19.1 Å². The molecular formula is C11H15N3O5. The van der Waals surface area contributed by atoms with E-state index in [9.17, 15) is 14.9 Å². The van der Waals surface area contributed by atoms with Crippen LogP contribution in [0.25, 0.3) is 0 Å². The number of hydrogen-bond donors (Lipinski definition) is 4. The highest BCUT2D eigenvalue weighted by atomic mass is 16.6. The molecule has 8 nitrogen and oxygen atoms in total. The second-order valence-corrected chi connectivity index (χ2v) is 4.26. The average molecular weight is 269 g/mol. The molecule has 2 amide bonds. The molecule has 1 rings (SSSR count). The van der Waals surface area contributed by atoms with Crippen LogP contribution in [0.4, 0.5) is 16.2 Å². The number of aliphatic hydroxyl groups is 2. The van der Waals surface area contributed by atoms with Crippen molar-refractivity contribution in [1.29, 1.82) is 0 Å². The predicted molar refractivity (Wildman–Crippen MR) is 67.8 cm³/mol. The first kappa shape index (κ1) is 14.9. The Bertz CT molecular complexity index is 456. The van der Waals surface area contributed by atoms with Crippen LogP contribution in [0.5, 0.6) is 0 Å². The number of benzene rings is 1. The van der Waals surface area contributed by atoms with E-state index in [1.807, 2.05) is 0 Å². The first-order chi connectivity index (χ1) is 8.90. The molecule has 104 valence electrons. The number of hydrogen-bond acceptors (Lipinski definition) is 5. The second-order valence-electron chi connectivity index (χ2n) is 4.26. The van der Waals surface area contributed by atoms with Crippen molar-refractivity contribution in [3.8, 4) is 0 Å². The molecule has 0 saturated carbocycles. The number of nitro benzene ring substituents is 1. The number of carbonyl (C=O) groups excluding carboxylic acids is 1. The summed E-state index contributed by atoms with van der Waals surface area (Å²) in [7, 11) is 0. The van der Waals surface area contributed by atoms with Crippen LogP contribution in [0.3, 0.4) is 0 Å². The normalized spacial score (nSPS) is 10.9. The van der Waals surface area contributed by atoms with E-state index in [1.165, 1.54) is 31.2 Å². The maximum Gasteiger partial charge on any atom is 0.319 e. The quantitative estimate of drug-likeness (QED) is 0.456. The van der Waals surface area contributed by atoms with Crippen LogP contribution in [0.1, 0.15) is 6.92 Å². The largest absolute Gasteiger partial charge is 0.394 e. The molecule has 1 aromatic carbocycles. The molecule has 0 radical (unpaired) electrons. The number of anilines is 1. The molecule has 8 heteroatoms. The van der Waals surface area contributed by atoms with Gasteiger partial charge in [0.15, 0.2) is 0 Å². The molecule has 0 bridgehead atoms. The van der Waals surface area contributed by atoms with Gasteiger partial charge in [-0.25, -0.2) is 4.79 Å². The predicted octanol–water partition coefficient (Wildman–Crippen LogP) is 0.460. The van der Waals surface area contributed by atoms with Gasteiger partial charge in [0.25, 0.3) is 5.69 Å². The van der Waals surface area contributed by atoms with E-state index in [1.54, 1.807) is 0 Å². The molecule has 0 aromatic heterocycles. The van der Waals surface area contributed by atoms with Gasteiger partial charge >= 0.3 is 6.03 Å². The van der Waals surface area contributed by atoms with Crippen molar-refractivity contribution < 1.29 is 19.9 Å². The third-order valence-electron chi connectivity index (χ3n) is 2.45. The SMILES string of the molecule is CC(CO)(CO)NC(=O)Nc1ccc([N+](=O)[O-])cc1. The highest BCUT2D eigenvalue weighted by Gasteiger charge is 2.24. The van der Waals surface area contributed by atoms with Crippen LogP contribution in [0.15, 0.2) is 24.3 Å². The van der Waals surface area contributed by atoms with Crippen LogP contribution in [0, 0.1) is 10.1 Å². The number of urea groups is 1. The van der Waals surface area contributed by atoms with Gasteiger partial charge in [0.05, 0.1) is 23.7 Å². The minimum Gasteiger partial charge on any atom is -0.394 e. The molecule has 0 aliphatic heterocycles. The lowest BCUT2D eigenvalue weighted by Gasteiger charge is -2.26. The topological polar surface area (TPSA) is 125 Å². The molecule has 19 heavy (non-hydrogen) atoms. The number of carbonyl (C=O) groups is 1. The fourth-order valence-corrected chi connectivity index (χ4v) is 1.23. The Kier molecular flexibility index (Phi) is 4.79. The van der Waals surface area contributed by atoms with Crippen molar-refractivity contribution in [1.82, 2.24) is 5.32 Å². The van der Waals surface area contributed by atoms with E-state index in [0.29, 0.717) is 5.69 Å². The Morgan fingerprint density at radius 3 is 2.26 bits per heavy atom. The van der Waals surface area contributed by atoms with Crippen molar-refractivity contribution in [2.75, 3.05) is 18.5 Å². The zero-order valence-corrected chi connectivity index (χ0v) is 10.3. The number of nitrogens with zero attached hydrogens (tertiary/aromatic N) is 1. The van der Waals surface area contributed by atoms with Crippen LogP contribution < -0.4 is 10.6 Å². The first-order valence-corrected chi connectivity index (χ1v) is 5.45. The standard InChI is InChI=1S/C11H15N3O5/c1-11(6-15,7-16)13-10(17)12-8-2-4-9(5-3-8)14(18)19/h2-5,15-16H,6-7H2,1H3,(H2,12,13,17). The molecule has 4 N–H and O–H groups in total. The molecule has 1 aromatic rings. The van der Waals surface area contributed by atoms with E-state index in [2.05, 4.69) is 10.6 Å². The van der Waals surface area contributed by atoms with Crippen molar-refractivity contribution >= 4 is 17.4 Å². The fourth-order valence-electron chi connectivity index (χ4n) is 1.23. The Morgan fingerprint density at radius 1 is 1.32 bits per heavy atom. The maximum atomic E-state index is 11.6. The van der Waals surface area contributed by atoms with Gasteiger partial charge in [-0.15, -0.1) is 0 Å². The summed E-state index contributed by atoms with van der Waals surface area (Å²) in [5, 5.41) is 33.3. The zero-order valence-electron chi connectivity index (χ0n) is 10.3. The van der Waals surface area contributed by atoms with Crippen molar-refractivity contribution in [2.45, 2.75) is 12.5 Å². The van der Waals surface area contributed by atoms with Crippen LogP contribution >= 0.6 is 0 Å². The number of rotatable bonds is 5. The van der Waals surface area contributed by atoms with Gasteiger partial charge in [0.2, 0.25) is 0 Å². The Balaban J connectivity index is 2.64. The van der Waals surface area contributed by atoms with Crippen molar-refractivity contribution in [2.24, 2.45) is 0 Å². The summed E-state index contributed by atoms with van der Waals surface area (Å²) in [6, 6.07) is 4.65.